The molecule has 0 aromatic heterocycles. The zero-order chi connectivity index (χ0) is 13.3. The highest BCUT2D eigenvalue weighted by molar-refractivity contribution is 7.89. The lowest BCUT2D eigenvalue weighted by atomic mass is 10.1. The van der Waals surface area contributed by atoms with Gasteiger partial charge in [-0.3, -0.25) is 4.79 Å². The average molecular weight is 268 g/mol. The molecular formula is C12H16N2O3S. The minimum absolute atomic E-state index is 0.00922. The van der Waals surface area contributed by atoms with Crippen molar-refractivity contribution in [2.45, 2.75) is 24.7 Å². The lowest BCUT2D eigenvalue weighted by Gasteiger charge is -2.16. The fraction of sp³-hybridized carbons (Fsp3) is 0.417. The lowest BCUT2D eigenvalue weighted by Crippen LogP contribution is -2.28. The molecule has 0 bridgehead atoms. The number of likely N-dealkylation sites (tertiary alicyclic amines) is 1. The molecule has 2 rings (SSSR count). The Kier molecular flexibility index (Phi) is 3.41. The van der Waals surface area contributed by atoms with Crippen molar-refractivity contribution in [3.05, 3.63) is 29.3 Å². The van der Waals surface area contributed by atoms with Crippen LogP contribution >= 0.6 is 0 Å². The Balaban J connectivity index is 2.39. The summed E-state index contributed by atoms with van der Waals surface area (Å²) in [6.45, 7) is 3.21. The molecule has 1 aliphatic rings. The van der Waals surface area contributed by atoms with E-state index in [4.69, 9.17) is 5.14 Å². The Labute approximate surface area is 107 Å². The minimum Gasteiger partial charge on any atom is -0.339 e. The second kappa shape index (κ2) is 4.70. The van der Waals surface area contributed by atoms with Crippen molar-refractivity contribution in [1.29, 1.82) is 0 Å². The second-order valence-electron chi connectivity index (χ2n) is 4.58. The van der Waals surface area contributed by atoms with E-state index in [-0.39, 0.29) is 10.8 Å². The number of aryl methyl sites for hydroxylation is 1. The summed E-state index contributed by atoms with van der Waals surface area (Å²) >= 11 is 0. The molecule has 18 heavy (non-hydrogen) atoms. The van der Waals surface area contributed by atoms with E-state index in [9.17, 15) is 13.2 Å². The molecule has 2 N–H and O–H groups in total. The predicted molar refractivity (Wildman–Crippen MR) is 67.7 cm³/mol. The number of hydrogen-bond acceptors (Lipinski definition) is 3. The zero-order valence-electron chi connectivity index (χ0n) is 10.2. The quantitative estimate of drug-likeness (QED) is 0.864. The first-order chi connectivity index (χ1) is 8.38. The maximum Gasteiger partial charge on any atom is 0.253 e. The van der Waals surface area contributed by atoms with Gasteiger partial charge in [-0.15, -0.1) is 0 Å². The maximum atomic E-state index is 12.2. The standard InChI is InChI=1S/C12H16N2O3S/c1-9-6-10(8-11(7-9)18(13,16)17)12(15)14-4-2-3-5-14/h6-8H,2-5H2,1H3,(H2,13,16,17). The van der Waals surface area contributed by atoms with Gasteiger partial charge in [-0.1, -0.05) is 0 Å². The number of carbonyl (C=O) groups is 1. The monoisotopic (exact) mass is 268 g/mol. The van der Waals surface area contributed by atoms with Crippen molar-refractivity contribution in [3.63, 3.8) is 0 Å². The topological polar surface area (TPSA) is 80.5 Å². The Hall–Kier alpha value is -1.40. The highest BCUT2D eigenvalue weighted by Gasteiger charge is 2.21. The van der Waals surface area contributed by atoms with E-state index in [1.807, 2.05) is 0 Å². The summed E-state index contributed by atoms with van der Waals surface area (Å²) in [6.07, 6.45) is 2.00. The van der Waals surface area contributed by atoms with E-state index in [0.717, 1.165) is 25.9 Å². The van der Waals surface area contributed by atoms with E-state index in [1.165, 1.54) is 12.1 Å². The van der Waals surface area contributed by atoms with Crippen molar-refractivity contribution in [1.82, 2.24) is 4.90 Å². The molecule has 0 radical (unpaired) electrons. The van der Waals surface area contributed by atoms with Crippen molar-refractivity contribution in [2.24, 2.45) is 5.14 Å². The van der Waals surface area contributed by atoms with Crippen LogP contribution < -0.4 is 5.14 Å². The molecule has 98 valence electrons. The first kappa shape index (κ1) is 13.0. The molecule has 1 aliphatic heterocycles. The van der Waals surface area contributed by atoms with E-state index in [2.05, 4.69) is 0 Å². The van der Waals surface area contributed by atoms with Gasteiger partial charge in [0.2, 0.25) is 10.0 Å². The Morgan fingerprint density at radius 2 is 1.83 bits per heavy atom. The SMILES string of the molecule is Cc1cc(C(=O)N2CCCC2)cc(S(N)(=O)=O)c1. The molecule has 0 unspecified atom stereocenters. The number of rotatable bonds is 2. The molecular weight excluding hydrogens is 252 g/mol. The number of hydrogen-bond donors (Lipinski definition) is 1. The zero-order valence-corrected chi connectivity index (χ0v) is 11.0. The largest absolute Gasteiger partial charge is 0.339 e. The Morgan fingerprint density at radius 3 is 2.39 bits per heavy atom. The van der Waals surface area contributed by atoms with Gasteiger partial charge in [-0.05, 0) is 43.5 Å². The van der Waals surface area contributed by atoms with E-state index in [0.29, 0.717) is 11.1 Å². The van der Waals surface area contributed by atoms with Crippen LogP contribution in [0.4, 0.5) is 0 Å². The van der Waals surface area contributed by atoms with E-state index in [1.54, 1.807) is 17.9 Å². The van der Waals surface area contributed by atoms with Crippen LogP contribution in [0.15, 0.2) is 23.1 Å². The smallest absolute Gasteiger partial charge is 0.253 e. The molecule has 6 heteroatoms. The lowest BCUT2D eigenvalue weighted by molar-refractivity contribution is 0.0792. The highest BCUT2D eigenvalue weighted by Crippen LogP contribution is 2.17. The van der Waals surface area contributed by atoms with E-state index < -0.39 is 10.0 Å². The van der Waals surface area contributed by atoms with Gasteiger partial charge in [0.15, 0.2) is 0 Å². The summed E-state index contributed by atoms with van der Waals surface area (Å²) in [6, 6.07) is 4.51. The van der Waals surface area contributed by atoms with Gasteiger partial charge in [0.1, 0.15) is 0 Å². The first-order valence-electron chi connectivity index (χ1n) is 5.82. The van der Waals surface area contributed by atoms with Gasteiger partial charge in [-0.25, -0.2) is 13.6 Å². The summed E-state index contributed by atoms with van der Waals surface area (Å²) < 4.78 is 22.7. The van der Waals surface area contributed by atoms with Crippen LogP contribution in [0.5, 0.6) is 0 Å². The van der Waals surface area contributed by atoms with Crippen LogP contribution in [0.2, 0.25) is 0 Å². The molecule has 1 aromatic rings. The molecule has 0 spiro atoms. The summed E-state index contributed by atoms with van der Waals surface area (Å²) in [5, 5.41) is 5.10. The van der Waals surface area contributed by atoms with Crippen molar-refractivity contribution in [2.75, 3.05) is 13.1 Å². The molecule has 0 atom stereocenters. The molecule has 1 fully saturated rings. The highest BCUT2D eigenvalue weighted by atomic mass is 32.2. The molecule has 0 aliphatic carbocycles. The van der Waals surface area contributed by atoms with Crippen LogP contribution in [-0.4, -0.2) is 32.3 Å². The predicted octanol–water partition coefficient (Wildman–Crippen LogP) is 0.878. The number of benzene rings is 1. The molecule has 1 heterocycles. The van der Waals surface area contributed by atoms with E-state index >= 15 is 0 Å². The fourth-order valence-electron chi connectivity index (χ4n) is 2.14. The third-order valence-electron chi connectivity index (χ3n) is 3.02. The van der Waals surface area contributed by atoms with Gasteiger partial charge in [0.05, 0.1) is 4.90 Å². The number of nitrogens with zero attached hydrogens (tertiary/aromatic N) is 1. The van der Waals surface area contributed by atoms with Crippen molar-refractivity contribution in [3.8, 4) is 0 Å². The number of sulfonamides is 1. The Bertz CT molecular complexity index is 575. The molecule has 5 nitrogen and oxygen atoms in total. The summed E-state index contributed by atoms with van der Waals surface area (Å²) in [5.41, 5.74) is 1.10. The number of primary sulfonamides is 1. The third kappa shape index (κ3) is 2.70. The molecule has 1 saturated heterocycles. The molecule has 1 amide bonds. The van der Waals surface area contributed by atoms with Crippen LogP contribution in [0.25, 0.3) is 0 Å². The van der Waals surface area contributed by atoms with Crippen LogP contribution in [0.3, 0.4) is 0 Å². The number of amides is 1. The average Bonchev–Trinajstić information content (AvgIpc) is 2.79. The number of carbonyl (C=O) groups excluding carboxylic acids is 1. The fourth-order valence-corrected chi connectivity index (χ4v) is 2.78. The van der Waals surface area contributed by atoms with Crippen LogP contribution in [0.1, 0.15) is 28.8 Å². The van der Waals surface area contributed by atoms with Gasteiger partial charge in [0, 0.05) is 18.7 Å². The number of nitrogens with two attached hydrogens (primary N) is 1. The summed E-state index contributed by atoms with van der Waals surface area (Å²) in [4.78, 5) is 13.9. The minimum atomic E-state index is -3.78. The molecule has 0 saturated carbocycles. The Morgan fingerprint density at radius 1 is 1.22 bits per heavy atom. The van der Waals surface area contributed by atoms with Crippen molar-refractivity contribution >= 4 is 15.9 Å². The van der Waals surface area contributed by atoms with Gasteiger partial charge in [0.25, 0.3) is 5.91 Å². The normalized spacial score (nSPS) is 16.0. The second-order valence-corrected chi connectivity index (χ2v) is 6.14. The van der Waals surface area contributed by atoms with Gasteiger partial charge in [-0.2, -0.15) is 0 Å². The summed E-state index contributed by atoms with van der Waals surface area (Å²) in [5.74, 6) is -0.124. The molecule has 1 aromatic carbocycles. The van der Waals surface area contributed by atoms with Crippen molar-refractivity contribution < 1.29 is 13.2 Å². The van der Waals surface area contributed by atoms with Gasteiger partial charge < -0.3 is 4.90 Å². The van der Waals surface area contributed by atoms with Gasteiger partial charge >= 0.3 is 0 Å². The third-order valence-corrected chi connectivity index (χ3v) is 3.91. The first-order valence-corrected chi connectivity index (χ1v) is 7.36. The maximum absolute atomic E-state index is 12.2. The van der Waals surface area contributed by atoms with Crippen LogP contribution in [0, 0.1) is 6.92 Å². The van der Waals surface area contributed by atoms with Crippen LogP contribution in [-0.2, 0) is 10.0 Å². The summed E-state index contributed by atoms with van der Waals surface area (Å²) in [7, 11) is -3.78.